The van der Waals surface area contributed by atoms with Crippen molar-refractivity contribution in [3.8, 4) is 11.8 Å². The second kappa shape index (κ2) is 8.36. The number of nitro benzene ring substituents is 1. The number of carbonyl (C=O) groups excluding carboxylic acids is 1. The summed E-state index contributed by atoms with van der Waals surface area (Å²) in [5.41, 5.74) is 7.49. The van der Waals surface area contributed by atoms with Gasteiger partial charge in [-0.25, -0.2) is 4.79 Å². The summed E-state index contributed by atoms with van der Waals surface area (Å²) < 4.78 is 5.04. The van der Waals surface area contributed by atoms with E-state index in [0.717, 1.165) is 5.56 Å². The fourth-order valence-corrected chi connectivity index (χ4v) is 2.06. The normalized spacial score (nSPS) is 9.64. The molecular formula is C18H17N3O4. The number of nitrogens with two attached hydrogens (primary N) is 1. The molecular weight excluding hydrogens is 322 g/mol. The fraction of sp³-hybridized carbons (Fsp3) is 0.167. The quantitative estimate of drug-likeness (QED) is 0.385. The molecule has 0 aliphatic carbocycles. The summed E-state index contributed by atoms with van der Waals surface area (Å²) in [5.74, 6) is 5.43. The number of nitro groups is 1. The lowest BCUT2D eigenvalue weighted by Gasteiger charge is -2.04. The minimum Gasteiger partial charge on any atom is -0.445 e. The average molecular weight is 339 g/mol. The Morgan fingerprint density at radius 3 is 2.72 bits per heavy atom. The van der Waals surface area contributed by atoms with Gasteiger partial charge in [-0.1, -0.05) is 42.2 Å². The third-order valence-corrected chi connectivity index (χ3v) is 3.26. The third-order valence-electron chi connectivity index (χ3n) is 3.26. The van der Waals surface area contributed by atoms with Crippen molar-refractivity contribution in [2.45, 2.75) is 13.5 Å². The van der Waals surface area contributed by atoms with Gasteiger partial charge in [-0.2, -0.15) is 0 Å². The van der Waals surface area contributed by atoms with Gasteiger partial charge in [-0.3, -0.25) is 10.1 Å². The number of rotatable bonds is 4. The van der Waals surface area contributed by atoms with Crippen molar-refractivity contribution in [2.24, 2.45) is 0 Å². The van der Waals surface area contributed by atoms with Crippen LogP contribution in [0.25, 0.3) is 0 Å². The Morgan fingerprint density at radius 1 is 1.32 bits per heavy atom. The topological polar surface area (TPSA) is 107 Å². The van der Waals surface area contributed by atoms with Gasteiger partial charge >= 0.3 is 6.09 Å². The Hall–Kier alpha value is -3.53. The molecule has 7 nitrogen and oxygen atoms in total. The summed E-state index contributed by atoms with van der Waals surface area (Å²) in [6.45, 7) is 1.92. The number of alkyl carbamates (subject to hydrolysis) is 1. The smallest absolute Gasteiger partial charge is 0.408 e. The number of carbonyl (C=O) groups is 1. The Labute approximate surface area is 144 Å². The molecule has 7 heteroatoms. The van der Waals surface area contributed by atoms with E-state index in [-0.39, 0.29) is 24.5 Å². The second-order valence-electron chi connectivity index (χ2n) is 5.22. The molecule has 0 radical (unpaired) electrons. The highest BCUT2D eigenvalue weighted by Crippen LogP contribution is 2.26. The minimum atomic E-state index is -0.596. The van der Waals surface area contributed by atoms with E-state index in [1.54, 1.807) is 13.0 Å². The van der Waals surface area contributed by atoms with Crippen molar-refractivity contribution in [3.63, 3.8) is 0 Å². The highest BCUT2D eigenvalue weighted by atomic mass is 16.6. The number of nitrogens with one attached hydrogen (secondary N) is 1. The zero-order valence-electron chi connectivity index (χ0n) is 13.6. The largest absolute Gasteiger partial charge is 0.445 e. The van der Waals surface area contributed by atoms with E-state index < -0.39 is 11.0 Å². The summed E-state index contributed by atoms with van der Waals surface area (Å²) in [6.07, 6.45) is -0.596. The second-order valence-corrected chi connectivity index (χ2v) is 5.22. The van der Waals surface area contributed by atoms with Gasteiger partial charge in [0.25, 0.3) is 5.69 Å². The van der Waals surface area contributed by atoms with Gasteiger partial charge in [0.1, 0.15) is 12.3 Å². The van der Waals surface area contributed by atoms with E-state index in [4.69, 9.17) is 10.5 Å². The molecule has 0 spiro atoms. The lowest BCUT2D eigenvalue weighted by molar-refractivity contribution is -0.384. The van der Waals surface area contributed by atoms with Gasteiger partial charge in [0, 0.05) is 6.07 Å². The lowest BCUT2D eigenvalue weighted by Crippen LogP contribution is -2.24. The van der Waals surface area contributed by atoms with Gasteiger partial charge in [0.15, 0.2) is 0 Å². The SMILES string of the molecule is Cc1cc(C#CCNC(=O)OCc2ccccc2)c(N)c([N+](=O)[O-])c1. The van der Waals surface area contributed by atoms with Crippen LogP contribution in [-0.4, -0.2) is 17.6 Å². The van der Waals surface area contributed by atoms with Gasteiger partial charge in [-0.05, 0) is 24.1 Å². The predicted octanol–water partition coefficient (Wildman–Crippen LogP) is 2.76. The van der Waals surface area contributed by atoms with Gasteiger partial charge < -0.3 is 15.8 Å². The zero-order chi connectivity index (χ0) is 18.2. The number of hydrogen-bond donors (Lipinski definition) is 2. The number of nitrogens with zero attached hydrogens (tertiary/aromatic N) is 1. The first kappa shape index (κ1) is 17.8. The lowest BCUT2D eigenvalue weighted by atomic mass is 10.1. The zero-order valence-corrected chi connectivity index (χ0v) is 13.6. The molecule has 3 N–H and O–H groups in total. The first-order valence-electron chi connectivity index (χ1n) is 7.45. The summed E-state index contributed by atoms with van der Waals surface area (Å²) in [4.78, 5) is 22.0. The first-order valence-corrected chi connectivity index (χ1v) is 7.45. The van der Waals surface area contributed by atoms with E-state index in [9.17, 15) is 14.9 Å². The van der Waals surface area contributed by atoms with Crippen molar-refractivity contribution in [1.82, 2.24) is 5.32 Å². The Balaban J connectivity index is 1.90. The van der Waals surface area contributed by atoms with Crippen LogP contribution in [0, 0.1) is 28.9 Å². The molecule has 0 atom stereocenters. The van der Waals surface area contributed by atoms with Crippen LogP contribution in [0.3, 0.4) is 0 Å². The summed E-state index contributed by atoms with van der Waals surface area (Å²) in [5, 5.41) is 13.4. The van der Waals surface area contributed by atoms with E-state index in [0.29, 0.717) is 11.1 Å². The van der Waals surface area contributed by atoms with Crippen LogP contribution in [0.5, 0.6) is 0 Å². The van der Waals surface area contributed by atoms with Crippen LogP contribution >= 0.6 is 0 Å². The number of hydrogen-bond acceptors (Lipinski definition) is 5. The van der Waals surface area contributed by atoms with E-state index in [2.05, 4.69) is 17.2 Å². The molecule has 1 amide bonds. The molecule has 128 valence electrons. The molecule has 0 bridgehead atoms. The van der Waals surface area contributed by atoms with Gasteiger partial charge in [-0.15, -0.1) is 0 Å². The van der Waals surface area contributed by atoms with E-state index in [1.165, 1.54) is 6.07 Å². The average Bonchev–Trinajstić information content (AvgIpc) is 2.60. The minimum absolute atomic E-state index is 0.00903. The number of aryl methyl sites for hydroxylation is 1. The van der Waals surface area contributed by atoms with Gasteiger partial charge in [0.05, 0.1) is 17.0 Å². The molecule has 0 fully saturated rings. The highest BCUT2D eigenvalue weighted by Gasteiger charge is 2.14. The predicted molar refractivity (Wildman–Crippen MR) is 93.8 cm³/mol. The summed E-state index contributed by atoms with van der Waals surface area (Å²) >= 11 is 0. The van der Waals surface area contributed by atoms with Crippen molar-refractivity contribution in [1.29, 1.82) is 0 Å². The summed E-state index contributed by atoms with van der Waals surface area (Å²) in [7, 11) is 0. The van der Waals surface area contributed by atoms with Crippen LogP contribution in [0.15, 0.2) is 42.5 Å². The van der Waals surface area contributed by atoms with Crippen molar-refractivity contribution in [2.75, 3.05) is 12.3 Å². The Morgan fingerprint density at radius 2 is 2.04 bits per heavy atom. The Kier molecular flexibility index (Phi) is 5.96. The molecule has 0 unspecified atom stereocenters. The molecule has 0 heterocycles. The maximum absolute atomic E-state index is 11.6. The number of anilines is 1. The molecule has 0 saturated carbocycles. The third kappa shape index (κ3) is 5.25. The van der Waals surface area contributed by atoms with Gasteiger partial charge in [0.2, 0.25) is 0 Å². The maximum atomic E-state index is 11.6. The molecule has 0 aliphatic heterocycles. The molecule has 0 aromatic heterocycles. The van der Waals surface area contributed by atoms with E-state index in [1.807, 2.05) is 30.3 Å². The van der Waals surface area contributed by atoms with Crippen LogP contribution in [0.4, 0.5) is 16.2 Å². The highest BCUT2D eigenvalue weighted by molar-refractivity contribution is 5.70. The monoisotopic (exact) mass is 339 g/mol. The number of amides is 1. The molecule has 0 saturated heterocycles. The molecule has 2 rings (SSSR count). The van der Waals surface area contributed by atoms with E-state index >= 15 is 0 Å². The molecule has 0 aliphatic rings. The molecule has 25 heavy (non-hydrogen) atoms. The standard InChI is InChI=1S/C18H17N3O4/c1-13-10-15(17(19)16(11-13)21(23)24)8-5-9-20-18(22)25-12-14-6-3-2-4-7-14/h2-4,6-7,10-11H,9,12,19H2,1H3,(H,20,22). The van der Waals surface area contributed by atoms with Crippen LogP contribution in [-0.2, 0) is 11.3 Å². The van der Waals surface area contributed by atoms with Crippen LogP contribution in [0.2, 0.25) is 0 Å². The van der Waals surface area contributed by atoms with Crippen molar-refractivity contribution < 1.29 is 14.5 Å². The maximum Gasteiger partial charge on any atom is 0.408 e. The van der Waals surface area contributed by atoms with Crippen LogP contribution in [0.1, 0.15) is 16.7 Å². The van der Waals surface area contributed by atoms with Crippen molar-refractivity contribution >= 4 is 17.5 Å². The number of benzene rings is 2. The van der Waals surface area contributed by atoms with Crippen LogP contribution < -0.4 is 11.1 Å². The number of ether oxygens (including phenoxy) is 1. The fourth-order valence-electron chi connectivity index (χ4n) is 2.06. The molecule has 2 aromatic carbocycles. The first-order chi connectivity index (χ1) is 12.0. The Bertz CT molecular complexity index is 839. The van der Waals surface area contributed by atoms with Crippen molar-refractivity contribution in [3.05, 3.63) is 69.3 Å². The number of nitrogen functional groups attached to an aromatic ring is 1. The molecule has 2 aromatic rings. The summed E-state index contributed by atoms with van der Waals surface area (Å²) in [6, 6.07) is 12.3.